The number of phenols is 1. The molecule has 0 amide bonds. The van der Waals surface area contributed by atoms with E-state index in [1.54, 1.807) is 6.07 Å². The molecule has 1 aromatic heterocycles. The van der Waals surface area contributed by atoms with Gasteiger partial charge in [-0.15, -0.1) is 0 Å². The number of hydrogen-bond donors (Lipinski definition) is 4. The summed E-state index contributed by atoms with van der Waals surface area (Å²) in [5, 5.41) is 13.5. The van der Waals surface area contributed by atoms with Crippen molar-refractivity contribution < 1.29 is 14.4 Å². The SMILES string of the molecule is COc1cccc([C@@H]2N=C(N)Nc3[nH]c4ccccc4[n+]32)c1O. The maximum atomic E-state index is 10.5. The maximum Gasteiger partial charge on any atom is 0.365 e. The largest absolute Gasteiger partial charge is 0.504 e. The zero-order valence-corrected chi connectivity index (χ0v) is 12.4. The summed E-state index contributed by atoms with van der Waals surface area (Å²) in [5.41, 5.74) is 8.44. The number of nitrogens with zero attached hydrogens (tertiary/aromatic N) is 2. The number of para-hydroxylation sites is 3. The molecule has 0 bridgehead atoms. The van der Waals surface area contributed by atoms with Crippen molar-refractivity contribution in [2.24, 2.45) is 10.7 Å². The Balaban J connectivity index is 1.98. The van der Waals surface area contributed by atoms with Gasteiger partial charge in [0.05, 0.1) is 12.7 Å². The fraction of sp³-hybridized carbons (Fsp3) is 0.125. The van der Waals surface area contributed by atoms with E-state index in [2.05, 4.69) is 15.3 Å². The molecule has 0 saturated carbocycles. The Morgan fingerprint density at radius 1 is 1.22 bits per heavy atom. The number of phenolic OH excluding ortho intramolecular Hbond substituents is 1. The summed E-state index contributed by atoms with van der Waals surface area (Å²) in [6, 6.07) is 13.2. The lowest BCUT2D eigenvalue weighted by atomic mass is 10.1. The lowest BCUT2D eigenvalue weighted by Crippen LogP contribution is -2.48. The van der Waals surface area contributed by atoms with Gasteiger partial charge in [0.2, 0.25) is 6.17 Å². The highest BCUT2D eigenvalue weighted by atomic mass is 16.5. The van der Waals surface area contributed by atoms with Gasteiger partial charge in [-0.3, -0.25) is 0 Å². The molecular formula is C16H16N5O2+. The lowest BCUT2D eigenvalue weighted by Gasteiger charge is -2.19. The summed E-state index contributed by atoms with van der Waals surface area (Å²) in [4.78, 5) is 7.74. The first kappa shape index (κ1) is 13.4. The number of aliphatic imine (C=N–C) groups is 1. The number of hydrogen-bond acceptors (Lipinski definition) is 5. The van der Waals surface area contributed by atoms with E-state index < -0.39 is 6.17 Å². The first-order valence-corrected chi connectivity index (χ1v) is 7.17. The van der Waals surface area contributed by atoms with Gasteiger partial charge in [-0.2, -0.15) is 4.99 Å². The van der Waals surface area contributed by atoms with Gasteiger partial charge < -0.3 is 15.6 Å². The number of benzene rings is 2. The number of aromatic amines is 1. The molecule has 0 unspecified atom stereocenters. The predicted octanol–water partition coefficient (Wildman–Crippen LogP) is 1.46. The number of nitrogens with one attached hydrogen (secondary N) is 2. The van der Waals surface area contributed by atoms with E-state index in [4.69, 9.17) is 10.5 Å². The highest BCUT2D eigenvalue weighted by Crippen LogP contribution is 2.35. The number of methoxy groups -OCH3 is 1. The second-order valence-corrected chi connectivity index (χ2v) is 5.27. The van der Waals surface area contributed by atoms with Gasteiger partial charge in [0.15, 0.2) is 11.5 Å². The number of aromatic hydroxyl groups is 1. The summed E-state index contributed by atoms with van der Waals surface area (Å²) < 4.78 is 7.16. The molecule has 2 aromatic carbocycles. The Morgan fingerprint density at radius 2 is 2.04 bits per heavy atom. The highest BCUT2D eigenvalue weighted by Gasteiger charge is 2.33. The van der Waals surface area contributed by atoms with Crippen molar-refractivity contribution in [1.29, 1.82) is 0 Å². The van der Waals surface area contributed by atoms with Crippen molar-refractivity contribution in [2.45, 2.75) is 6.17 Å². The number of guanidine groups is 1. The zero-order valence-electron chi connectivity index (χ0n) is 12.4. The van der Waals surface area contributed by atoms with Gasteiger partial charge in [-0.25, -0.2) is 14.9 Å². The number of rotatable bonds is 2. The van der Waals surface area contributed by atoms with Gasteiger partial charge in [0.25, 0.3) is 5.96 Å². The topological polar surface area (TPSA) is 99.5 Å². The number of nitrogens with two attached hydrogens (primary N) is 1. The average molecular weight is 310 g/mol. The molecule has 1 aliphatic rings. The molecule has 0 radical (unpaired) electrons. The van der Waals surface area contributed by atoms with E-state index >= 15 is 0 Å². The molecule has 7 heteroatoms. The van der Waals surface area contributed by atoms with Crippen LogP contribution >= 0.6 is 0 Å². The van der Waals surface area contributed by atoms with Crippen LogP contribution in [0.1, 0.15) is 11.7 Å². The Hall–Kier alpha value is -3.22. The monoisotopic (exact) mass is 310 g/mol. The van der Waals surface area contributed by atoms with E-state index in [1.165, 1.54) is 7.11 Å². The third kappa shape index (κ3) is 1.97. The summed E-state index contributed by atoms with van der Waals surface area (Å²) in [5.74, 6) is 1.45. The third-order valence-corrected chi connectivity index (χ3v) is 3.94. The molecule has 7 nitrogen and oxygen atoms in total. The first-order valence-electron chi connectivity index (χ1n) is 7.17. The third-order valence-electron chi connectivity index (χ3n) is 3.94. The Labute approximate surface area is 132 Å². The van der Waals surface area contributed by atoms with Crippen molar-refractivity contribution in [1.82, 2.24) is 4.98 Å². The minimum absolute atomic E-state index is 0.0576. The summed E-state index contributed by atoms with van der Waals surface area (Å²) >= 11 is 0. The molecule has 23 heavy (non-hydrogen) atoms. The van der Waals surface area contributed by atoms with Crippen molar-refractivity contribution in [2.75, 3.05) is 12.4 Å². The smallest absolute Gasteiger partial charge is 0.365 e. The number of anilines is 1. The summed E-state index contributed by atoms with van der Waals surface area (Å²) in [6.45, 7) is 0. The predicted molar refractivity (Wildman–Crippen MR) is 86.5 cm³/mol. The zero-order chi connectivity index (χ0) is 16.0. The molecular weight excluding hydrogens is 294 g/mol. The van der Waals surface area contributed by atoms with Crippen LogP contribution in [-0.4, -0.2) is 23.2 Å². The van der Waals surface area contributed by atoms with Crippen LogP contribution in [0.25, 0.3) is 11.0 Å². The molecule has 2 heterocycles. The van der Waals surface area contributed by atoms with Crippen LogP contribution in [0.3, 0.4) is 0 Å². The number of ether oxygens (including phenoxy) is 1. The van der Waals surface area contributed by atoms with Crippen LogP contribution in [0.2, 0.25) is 0 Å². The van der Waals surface area contributed by atoms with Crippen molar-refractivity contribution >= 4 is 22.9 Å². The van der Waals surface area contributed by atoms with E-state index in [0.29, 0.717) is 17.3 Å². The molecule has 116 valence electrons. The van der Waals surface area contributed by atoms with Gasteiger partial charge in [0, 0.05) is 0 Å². The Morgan fingerprint density at radius 3 is 2.87 bits per heavy atom. The highest BCUT2D eigenvalue weighted by molar-refractivity contribution is 5.92. The van der Waals surface area contributed by atoms with E-state index in [1.807, 2.05) is 41.0 Å². The second-order valence-electron chi connectivity index (χ2n) is 5.27. The molecule has 0 spiro atoms. The van der Waals surface area contributed by atoms with Crippen molar-refractivity contribution in [3.63, 3.8) is 0 Å². The molecule has 0 fully saturated rings. The fourth-order valence-electron chi connectivity index (χ4n) is 2.91. The molecule has 5 N–H and O–H groups in total. The first-order chi connectivity index (χ1) is 11.2. The van der Waals surface area contributed by atoms with Crippen molar-refractivity contribution in [3.05, 3.63) is 48.0 Å². The molecule has 3 aromatic rings. The van der Waals surface area contributed by atoms with Crippen LogP contribution in [-0.2, 0) is 0 Å². The van der Waals surface area contributed by atoms with Gasteiger partial charge in [-0.1, -0.05) is 18.2 Å². The maximum absolute atomic E-state index is 10.5. The summed E-state index contributed by atoms with van der Waals surface area (Å²) in [7, 11) is 1.52. The van der Waals surface area contributed by atoms with Gasteiger partial charge >= 0.3 is 5.95 Å². The Bertz CT molecular complexity index is 931. The van der Waals surface area contributed by atoms with Crippen molar-refractivity contribution in [3.8, 4) is 11.5 Å². The molecule has 1 aliphatic heterocycles. The second kappa shape index (κ2) is 4.91. The molecule has 4 rings (SSSR count). The number of aromatic nitrogens is 2. The number of imidazole rings is 1. The van der Waals surface area contributed by atoms with E-state index in [0.717, 1.165) is 11.0 Å². The van der Waals surface area contributed by atoms with Crippen LogP contribution in [0.15, 0.2) is 47.5 Å². The normalized spacial score (nSPS) is 16.6. The number of fused-ring (bicyclic) bond motifs is 3. The average Bonchev–Trinajstić information content (AvgIpc) is 2.92. The minimum Gasteiger partial charge on any atom is -0.504 e. The summed E-state index contributed by atoms with van der Waals surface area (Å²) in [6.07, 6.45) is -0.488. The van der Waals surface area contributed by atoms with E-state index in [-0.39, 0.29) is 11.7 Å². The standard InChI is InChI=1S/C16H15N5O2/c1-23-12-8-4-5-9(13(12)22)14-19-15(17)20-16-18-10-6-2-3-7-11(10)21(14)16/h2-8,14H,1H3,(H4,17,18,19,20,22)/p+1/t14-/m1/s1. The lowest BCUT2D eigenvalue weighted by molar-refractivity contribution is -0.674. The van der Waals surface area contributed by atoms with Crippen LogP contribution in [0.5, 0.6) is 11.5 Å². The van der Waals surface area contributed by atoms with Crippen LogP contribution < -0.4 is 20.4 Å². The van der Waals surface area contributed by atoms with Crippen LogP contribution in [0.4, 0.5) is 5.95 Å². The van der Waals surface area contributed by atoms with Gasteiger partial charge in [-0.05, 0) is 24.3 Å². The molecule has 0 saturated heterocycles. The minimum atomic E-state index is -0.488. The Kier molecular flexibility index (Phi) is 2.87. The molecule has 1 atom stereocenters. The van der Waals surface area contributed by atoms with E-state index in [9.17, 15) is 5.11 Å². The van der Waals surface area contributed by atoms with Gasteiger partial charge in [0.1, 0.15) is 11.0 Å². The number of H-pyrrole nitrogens is 1. The van der Waals surface area contributed by atoms with Crippen LogP contribution in [0, 0.1) is 0 Å². The fourth-order valence-corrected chi connectivity index (χ4v) is 2.91. The quantitative estimate of drug-likeness (QED) is 0.538. The molecule has 0 aliphatic carbocycles.